The number of aliphatic hydroxyl groups is 1. The Balaban J connectivity index is 1.55. The molecule has 1 atom stereocenters. The van der Waals surface area contributed by atoms with Crippen LogP contribution in [0.2, 0.25) is 0 Å². The van der Waals surface area contributed by atoms with E-state index in [9.17, 15) is 15.2 Å². The highest BCUT2D eigenvalue weighted by Gasteiger charge is 2.28. The summed E-state index contributed by atoms with van der Waals surface area (Å²) in [6.45, 7) is 1.58. The average Bonchev–Trinajstić information content (AvgIpc) is 2.73. The number of aromatic nitrogens is 1. The number of nitro benzene ring substituents is 1. The Morgan fingerprint density at radius 1 is 1.07 bits per heavy atom. The fourth-order valence-electron chi connectivity index (χ4n) is 3.94. The summed E-state index contributed by atoms with van der Waals surface area (Å²) in [6, 6.07) is 16.6. The van der Waals surface area contributed by atoms with E-state index in [4.69, 9.17) is 0 Å². The Hall–Kier alpha value is -2.99. The lowest BCUT2D eigenvalue weighted by molar-refractivity contribution is -0.383. The number of hydrogen-bond acceptors (Lipinski definition) is 5. The summed E-state index contributed by atoms with van der Waals surface area (Å²) in [7, 11) is 0. The molecule has 3 aromatic rings. The fourth-order valence-corrected chi connectivity index (χ4v) is 3.94. The van der Waals surface area contributed by atoms with Gasteiger partial charge in [-0.3, -0.25) is 15.1 Å². The van der Waals surface area contributed by atoms with Gasteiger partial charge in [-0.2, -0.15) is 0 Å². The van der Waals surface area contributed by atoms with Gasteiger partial charge >= 0.3 is 0 Å². The maximum Gasteiger partial charge on any atom is 0.278 e. The third-order valence-electron chi connectivity index (χ3n) is 5.39. The predicted octanol–water partition coefficient (Wildman–Crippen LogP) is 4.09. The van der Waals surface area contributed by atoms with Gasteiger partial charge in [0, 0.05) is 25.4 Å². The molecule has 4 rings (SSSR count). The van der Waals surface area contributed by atoms with Crippen LogP contribution in [-0.2, 0) is 0 Å². The first-order valence-corrected chi connectivity index (χ1v) is 9.15. The van der Waals surface area contributed by atoms with Crippen LogP contribution in [0.4, 0.5) is 11.4 Å². The van der Waals surface area contributed by atoms with Crippen molar-refractivity contribution in [3.8, 4) is 0 Å². The minimum absolute atomic E-state index is 0.0798. The van der Waals surface area contributed by atoms with Crippen molar-refractivity contribution in [3.05, 3.63) is 76.5 Å². The molecular formula is C21H21N3O3. The summed E-state index contributed by atoms with van der Waals surface area (Å²) in [5.74, 6) is 0.209. The van der Waals surface area contributed by atoms with E-state index in [1.807, 2.05) is 30.3 Å². The van der Waals surface area contributed by atoms with Crippen LogP contribution in [0.25, 0.3) is 10.9 Å². The standard InChI is InChI=1S/C21H21N3O3/c25-21(15-5-2-1-3-6-15)16-10-13-23(14-11-16)19-9-8-18(24(26)27)17-7-4-12-22-20(17)19/h1-9,12,16,21,25H,10-11,13-14H2/t21-/m1/s1. The summed E-state index contributed by atoms with van der Waals surface area (Å²) < 4.78 is 0. The van der Waals surface area contributed by atoms with Gasteiger partial charge in [0.2, 0.25) is 0 Å². The number of nitro groups is 1. The molecule has 2 aromatic carbocycles. The van der Waals surface area contributed by atoms with Gasteiger partial charge in [-0.05, 0) is 42.5 Å². The highest BCUT2D eigenvalue weighted by Crippen LogP contribution is 2.36. The highest BCUT2D eigenvalue weighted by atomic mass is 16.6. The molecule has 1 N–H and O–H groups in total. The largest absolute Gasteiger partial charge is 0.388 e. The second-order valence-electron chi connectivity index (χ2n) is 6.94. The van der Waals surface area contributed by atoms with Crippen molar-refractivity contribution in [1.82, 2.24) is 4.98 Å². The minimum Gasteiger partial charge on any atom is -0.388 e. The van der Waals surface area contributed by atoms with Crippen LogP contribution in [0.5, 0.6) is 0 Å². The number of benzene rings is 2. The lowest BCUT2D eigenvalue weighted by Crippen LogP contribution is -2.35. The first kappa shape index (κ1) is 17.4. The highest BCUT2D eigenvalue weighted by molar-refractivity contribution is 5.97. The molecule has 1 aliphatic rings. The molecule has 6 heteroatoms. The lowest BCUT2D eigenvalue weighted by Gasteiger charge is -2.36. The maximum absolute atomic E-state index is 11.3. The minimum atomic E-state index is -0.458. The number of piperidine rings is 1. The molecule has 0 saturated carbocycles. The van der Waals surface area contributed by atoms with Crippen molar-refractivity contribution in [2.24, 2.45) is 5.92 Å². The Kier molecular flexibility index (Phi) is 4.73. The second-order valence-corrected chi connectivity index (χ2v) is 6.94. The van der Waals surface area contributed by atoms with Crippen LogP contribution in [-0.4, -0.2) is 28.1 Å². The molecule has 0 aliphatic carbocycles. The van der Waals surface area contributed by atoms with E-state index in [1.165, 1.54) is 0 Å². The molecule has 1 saturated heterocycles. The summed E-state index contributed by atoms with van der Waals surface area (Å²) in [4.78, 5) is 17.5. The van der Waals surface area contributed by atoms with Crippen LogP contribution < -0.4 is 4.90 Å². The summed E-state index contributed by atoms with van der Waals surface area (Å²) in [5, 5.41) is 22.5. The van der Waals surface area contributed by atoms with E-state index >= 15 is 0 Å². The molecular weight excluding hydrogens is 342 g/mol. The smallest absolute Gasteiger partial charge is 0.278 e. The zero-order valence-electron chi connectivity index (χ0n) is 14.9. The quantitative estimate of drug-likeness (QED) is 0.558. The molecule has 6 nitrogen and oxygen atoms in total. The van der Waals surface area contributed by atoms with E-state index in [1.54, 1.807) is 30.5 Å². The second kappa shape index (κ2) is 7.32. The van der Waals surface area contributed by atoms with Gasteiger partial charge < -0.3 is 10.0 Å². The van der Waals surface area contributed by atoms with E-state index in [0.717, 1.165) is 37.2 Å². The molecule has 1 aromatic heterocycles. The van der Waals surface area contributed by atoms with Crippen LogP contribution in [0.1, 0.15) is 24.5 Å². The normalized spacial score (nSPS) is 16.4. The monoisotopic (exact) mass is 363 g/mol. The molecule has 138 valence electrons. The molecule has 1 aliphatic heterocycles. The number of rotatable bonds is 4. The van der Waals surface area contributed by atoms with Crippen LogP contribution >= 0.6 is 0 Å². The van der Waals surface area contributed by atoms with E-state index in [2.05, 4.69) is 9.88 Å². The van der Waals surface area contributed by atoms with Gasteiger partial charge in [0.05, 0.1) is 22.1 Å². The van der Waals surface area contributed by atoms with Gasteiger partial charge in [0.15, 0.2) is 0 Å². The number of anilines is 1. The van der Waals surface area contributed by atoms with Crippen molar-refractivity contribution in [1.29, 1.82) is 0 Å². The van der Waals surface area contributed by atoms with Gasteiger partial charge in [-0.1, -0.05) is 30.3 Å². The molecule has 0 bridgehead atoms. The first-order chi connectivity index (χ1) is 13.1. The molecule has 2 heterocycles. The zero-order chi connectivity index (χ0) is 18.8. The number of non-ortho nitro benzene ring substituents is 1. The third-order valence-corrected chi connectivity index (χ3v) is 5.39. The summed E-state index contributed by atoms with van der Waals surface area (Å²) in [6.07, 6.45) is 2.93. The van der Waals surface area contributed by atoms with Crippen molar-refractivity contribution in [3.63, 3.8) is 0 Å². The Morgan fingerprint density at radius 3 is 2.52 bits per heavy atom. The van der Waals surface area contributed by atoms with Crippen LogP contribution in [0.15, 0.2) is 60.8 Å². The number of nitrogens with zero attached hydrogens (tertiary/aromatic N) is 3. The molecule has 1 fully saturated rings. The predicted molar refractivity (Wildman–Crippen MR) is 105 cm³/mol. The van der Waals surface area contributed by atoms with Crippen LogP contribution in [0.3, 0.4) is 0 Å². The van der Waals surface area contributed by atoms with Gasteiger partial charge in [0.25, 0.3) is 5.69 Å². The zero-order valence-corrected chi connectivity index (χ0v) is 14.9. The molecule has 0 amide bonds. The Morgan fingerprint density at radius 2 is 1.81 bits per heavy atom. The summed E-state index contributed by atoms with van der Waals surface area (Å²) >= 11 is 0. The van der Waals surface area contributed by atoms with Crippen molar-refractivity contribution >= 4 is 22.3 Å². The molecule has 0 spiro atoms. The SMILES string of the molecule is O=[N+]([O-])c1ccc(N2CCC([C@H](O)c3ccccc3)CC2)c2ncccc12. The van der Waals surface area contributed by atoms with Gasteiger partial charge in [0.1, 0.15) is 5.52 Å². The number of fused-ring (bicyclic) bond motifs is 1. The molecule has 27 heavy (non-hydrogen) atoms. The lowest BCUT2D eigenvalue weighted by atomic mass is 9.87. The van der Waals surface area contributed by atoms with Gasteiger partial charge in [-0.25, -0.2) is 0 Å². The third kappa shape index (κ3) is 3.36. The average molecular weight is 363 g/mol. The topological polar surface area (TPSA) is 79.5 Å². The first-order valence-electron chi connectivity index (χ1n) is 9.15. The Labute approximate surface area is 157 Å². The van der Waals surface area contributed by atoms with Crippen LogP contribution in [0, 0.1) is 16.0 Å². The fraction of sp³-hybridized carbons (Fsp3) is 0.286. The number of hydrogen-bond donors (Lipinski definition) is 1. The van der Waals surface area contributed by atoms with Crippen molar-refractivity contribution in [2.45, 2.75) is 18.9 Å². The summed E-state index contributed by atoms with van der Waals surface area (Å²) in [5.41, 5.74) is 2.62. The van der Waals surface area contributed by atoms with E-state index < -0.39 is 6.10 Å². The number of aliphatic hydroxyl groups excluding tert-OH is 1. The molecule has 0 unspecified atom stereocenters. The van der Waals surface area contributed by atoms with Crippen molar-refractivity contribution < 1.29 is 10.0 Å². The van der Waals surface area contributed by atoms with E-state index in [-0.39, 0.29) is 16.5 Å². The van der Waals surface area contributed by atoms with Gasteiger partial charge in [-0.15, -0.1) is 0 Å². The maximum atomic E-state index is 11.3. The Bertz CT molecular complexity index is 953. The molecule has 0 radical (unpaired) electrons. The van der Waals surface area contributed by atoms with E-state index in [0.29, 0.717) is 10.9 Å². The van der Waals surface area contributed by atoms with Crippen molar-refractivity contribution in [2.75, 3.05) is 18.0 Å². The number of pyridine rings is 1.